The molecule has 2 unspecified atom stereocenters. The third-order valence-corrected chi connectivity index (χ3v) is 7.14. The molecule has 5 heteroatoms. The minimum absolute atomic E-state index is 0.169. The van der Waals surface area contributed by atoms with E-state index in [2.05, 4.69) is 16.7 Å². The molecule has 31 heavy (non-hydrogen) atoms. The van der Waals surface area contributed by atoms with Crippen molar-refractivity contribution < 1.29 is 14.6 Å². The van der Waals surface area contributed by atoms with Crippen LogP contribution in [-0.4, -0.2) is 86.2 Å². The number of aliphatic hydroxyl groups excluding tert-OH is 1. The topological polar surface area (TPSA) is 45.2 Å². The molecule has 2 heterocycles. The van der Waals surface area contributed by atoms with E-state index in [9.17, 15) is 5.11 Å². The van der Waals surface area contributed by atoms with E-state index in [1.165, 1.54) is 83.6 Å². The van der Waals surface area contributed by atoms with Gasteiger partial charge < -0.3 is 14.6 Å². The van der Waals surface area contributed by atoms with Gasteiger partial charge >= 0.3 is 0 Å². The summed E-state index contributed by atoms with van der Waals surface area (Å²) in [6.07, 6.45) is 17.7. The van der Waals surface area contributed by atoms with Crippen LogP contribution in [0.15, 0.2) is 0 Å². The standard InChI is InChI=1S/C26H52N2O3/c1-2-3-4-5-9-12-15-26(29)25(28-19-23-31-24-20-28)14-11-8-6-7-10-13-16-27-17-21-30-22-18-27/h25-26,29H,2-24H2,1H3. The molecule has 2 aliphatic heterocycles. The number of ether oxygens (including phenoxy) is 2. The molecule has 0 aromatic rings. The summed E-state index contributed by atoms with van der Waals surface area (Å²) in [5, 5.41) is 11.0. The first-order chi connectivity index (χ1) is 15.3. The van der Waals surface area contributed by atoms with Gasteiger partial charge in [0.05, 0.1) is 32.5 Å². The van der Waals surface area contributed by atoms with Crippen LogP contribution in [0.2, 0.25) is 0 Å². The van der Waals surface area contributed by atoms with E-state index in [4.69, 9.17) is 9.47 Å². The monoisotopic (exact) mass is 440 g/mol. The third-order valence-electron chi connectivity index (χ3n) is 7.14. The van der Waals surface area contributed by atoms with Crippen LogP contribution >= 0.6 is 0 Å². The van der Waals surface area contributed by atoms with Gasteiger partial charge in [-0.1, -0.05) is 77.6 Å². The van der Waals surface area contributed by atoms with Gasteiger partial charge in [0.1, 0.15) is 0 Å². The molecular formula is C26H52N2O3. The van der Waals surface area contributed by atoms with Crippen molar-refractivity contribution in [3.05, 3.63) is 0 Å². The second-order valence-corrected chi connectivity index (χ2v) is 9.70. The van der Waals surface area contributed by atoms with Crippen LogP contribution in [0.4, 0.5) is 0 Å². The fraction of sp³-hybridized carbons (Fsp3) is 1.00. The summed E-state index contributed by atoms with van der Waals surface area (Å²) in [5.41, 5.74) is 0. The van der Waals surface area contributed by atoms with Gasteiger partial charge in [-0.15, -0.1) is 0 Å². The van der Waals surface area contributed by atoms with E-state index in [0.717, 1.165) is 65.4 Å². The molecule has 1 N–H and O–H groups in total. The van der Waals surface area contributed by atoms with Crippen molar-refractivity contribution in [2.24, 2.45) is 0 Å². The van der Waals surface area contributed by atoms with Gasteiger partial charge in [0, 0.05) is 32.2 Å². The van der Waals surface area contributed by atoms with Gasteiger partial charge in [-0.25, -0.2) is 0 Å². The number of aliphatic hydroxyl groups is 1. The Kier molecular flexibility index (Phi) is 15.9. The molecule has 2 fully saturated rings. The first-order valence-electron chi connectivity index (χ1n) is 13.6. The van der Waals surface area contributed by atoms with Gasteiger partial charge in [-0.2, -0.15) is 0 Å². The zero-order valence-electron chi connectivity index (χ0n) is 20.6. The maximum absolute atomic E-state index is 11.0. The Morgan fingerprint density at radius 2 is 1.16 bits per heavy atom. The summed E-state index contributed by atoms with van der Waals surface area (Å²) in [6, 6.07) is 0.334. The molecule has 2 aliphatic rings. The zero-order valence-corrected chi connectivity index (χ0v) is 20.6. The maximum atomic E-state index is 11.0. The molecule has 0 radical (unpaired) electrons. The van der Waals surface area contributed by atoms with Crippen molar-refractivity contribution in [1.82, 2.24) is 9.80 Å². The smallest absolute Gasteiger partial charge is 0.0695 e. The Hall–Kier alpha value is -0.200. The van der Waals surface area contributed by atoms with Crippen molar-refractivity contribution >= 4 is 0 Å². The Morgan fingerprint density at radius 1 is 0.645 bits per heavy atom. The highest BCUT2D eigenvalue weighted by Gasteiger charge is 2.26. The molecule has 184 valence electrons. The maximum Gasteiger partial charge on any atom is 0.0695 e. The van der Waals surface area contributed by atoms with E-state index in [1.807, 2.05) is 0 Å². The van der Waals surface area contributed by atoms with Gasteiger partial charge in [0.25, 0.3) is 0 Å². The van der Waals surface area contributed by atoms with E-state index in [1.54, 1.807) is 0 Å². The Labute approximate surface area is 192 Å². The number of rotatable bonds is 18. The second-order valence-electron chi connectivity index (χ2n) is 9.70. The molecule has 0 saturated carbocycles. The molecule has 0 spiro atoms. The minimum Gasteiger partial charge on any atom is -0.391 e. The SMILES string of the molecule is CCCCCCCCC(O)C(CCCCCCCCN1CCOCC1)N1CCOCC1. The summed E-state index contributed by atoms with van der Waals surface area (Å²) in [7, 11) is 0. The zero-order chi connectivity index (χ0) is 22.0. The van der Waals surface area contributed by atoms with Crippen LogP contribution in [0.25, 0.3) is 0 Å². The number of hydrogen-bond donors (Lipinski definition) is 1. The van der Waals surface area contributed by atoms with Crippen molar-refractivity contribution in [3.8, 4) is 0 Å². The minimum atomic E-state index is -0.169. The van der Waals surface area contributed by atoms with Crippen LogP contribution in [0.3, 0.4) is 0 Å². The summed E-state index contributed by atoms with van der Waals surface area (Å²) < 4.78 is 11.0. The van der Waals surface area contributed by atoms with Crippen molar-refractivity contribution in [2.45, 2.75) is 109 Å². The van der Waals surface area contributed by atoms with Crippen molar-refractivity contribution in [3.63, 3.8) is 0 Å². The average molecular weight is 441 g/mol. The van der Waals surface area contributed by atoms with Crippen LogP contribution < -0.4 is 0 Å². The number of unbranched alkanes of at least 4 members (excludes halogenated alkanes) is 10. The molecule has 0 aromatic carbocycles. The van der Waals surface area contributed by atoms with Gasteiger partial charge in [0.15, 0.2) is 0 Å². The molecule has 0 amide bonds. The first kappa shape index (κ1) is 27.0. The largest absolute Gasteiger partial charge is 0.391 e. The van der Waals surface area contributed by atoms with E-state index < -0.39 is 0 Å². The lowest BCUT2D eigenvalue weighted by molar-refractivity contribution is -0.0276. The number of morpholine rings is 2. The molecule has 2 atom stereocenters. The highest BCUT2D eigenvalue weighted by atomic mass is 16.5. The lowest BCUT2D eigenvalue weighted by Crippen LogP contribution is -2.49. The number of hydrogen-bond acceptors (Lipinski definition) is 5. The molecule has 0 bridgehead atoms. The molecule has 2 rings (SSSR count). The Morgan fingerprint density at radius 3 is 1.81 bits per heavy atom. The fourth-order valence-corrected chi connectivity index (χ4v) is 5.07. The van der Waals surface area contributed by atoms with Gasteiger partial charge in [-0.05, 0) is 25.8 Å². The van der Waals surface area contributed by atoms with E-state index >= 15 is 0 Å². The normalized spacial score (nSPS) is 20.7. The predicted octanol–water partition coefficient (Wildman–Crippen LogP) is 4.86. The molecule has 5 nitrogen and oxygen atoms in total. The quantitative estimate of drug-likeness (QED) is 0.308. The molecule has 2 saturated heterocycles. The summed E-state index contributed by atoms with van der Waals surface area (Å²) in [4.78, 5) is 5.05. The molecule has 0 aromatic heterocycles. The summed E-state index contributed by atoms with van der Waals surface area (Å²) in [5.74, 6) is 0. The van der Waals surface area contributed by atoms with Gasteiger partial charge in [-0.3, -0.25) is 9.80 Å². The summed E-state index contributed by atoms with van der Waals surface area (Å²) in [6.45, 7) is 11.2. The molecule has 0 aliphatic carbocycles. The highest BCUT2D eigenvalue weighted by molar-refractivity contribution is 4.81. The Balaban J connectivity index is 1.55. The van der Waals surface area contributed by atoms with Crippen molar-refractivity contribution in [2.75, 3.05) is 59.2 Å². The number of nitrogens with zero attached hydrogens (tertiary/aromatic N) is 2. The predicted molar refractivity (Wildman–Crippen MR) is 130 cm³/mol. The van der Waals surface area contributed by atoms with Gasteiger partial charge in [0.2, 0.25) is 0 Å². The lowest BCUT2D eigenvalue weighted by atomic mass is 9.96. The molecular weight excluding hydrogens is 388 g/mol. The Bertz CT molecular complexity index is 398. The van der Waals surface area contributed by atoms with E-state index in [0.29, 0.717) is 6.04 Å². The van der Waals surface area contributed by atoms with E-state index in [-0.39, 0.29) is 6.10 Å². The second kappa shape index (κ2) is 18.3. The fourth-order valence-electron chi connectivity index (χ4n) is 5.07. The van der Waals surface area contributed by atoms with Crippen LogP contribution in [0.5, 0.6) is 0 Å². The lowest BCUT2D eigenvalue weighted by Gasteiger charge is -2.37. The van der Waals surface area contributed by atoms with Crippen LogP contribution in [0.1, 0.15) is 96.8 Å². The van der Waals surface area contributed by atoms with Crippen molar-refractivity contribution in [1.29, 1.82) is 0 Å². The average Bonchev–Trinajstić information content (AvgIpc) is 2.81. The van der Waals surface area contributed by atoms with Crippen LogP contribution in [-0.2, 0) is 9.47 Å². The summed E-state index contributed by atoms with van der Waals surface area (Å²) >= 11 is 0. The van der Waals surface area contributed by atoms with Crippen LogP contribution in [0, 0.1) is 0 Å². The first-order valence-corrected chi connectivity index (χ1v) is 13.6. The highest BCUT2D eigenvalue weighted by Crippen LogP contribution is 2.20. The third kappa shape index (κ3) is 12.6.